The molecule has 4 nitrogen and oxygen atoms in total. The van der Waals surface area contributed by atoms with Crippen molar-refractivity contribution < 1.29 is 4.74 Å². The van der Waals surface area contributed by atoms with Crippen molar-refractivity contribution in [2.45, 2.75) is 13.5 Å². The molecule has 20 heavy (non-hydrogen) atoms. The van der Waals surface area contributed by atoms with Gasteiger partial charge < -0.3 is 4.74 Å². The van der Waals surface area contributed by atoms with Crippen LogP contribution in [-0.2, 0) is 6.61 Å². The summed E-state index contributed by atoms with van der Waals surface area (Å²) < 4.78 is 5.66. The van der Waals surface area contributed by atoms with Gasteiger partial charge in [0, 0.05) is 5.56 Å². The van der Waals surface area contributed by atoms with E-state index in [1.807, 2.05) is 61.5 Å². The zero-order valence-corrected chi connectivity index (χ0v) is 11.2. The van der Waals surface area contributed by atoms with Crippen LogP contribution in [0, 0.1) is 6.92 Å². The van der Waals surface area contributed by atoms with Crippen molar-refractivity contribution in [1.82, 2.24) is 15.2 Å². The van der Waals surface area contributed by atoms with Gasteiger partial charge in [0.15, 0.2) is 11.6 Å². The zero-order valence-electron chi connectivity index (χ0n) is 11.2. The molecule has 0 saturated heterocycles. The van der Waals surface area contributed by atoms with Crippen LogP contribution >= 0.6 is 0 Å². The van der Waals surface area contributed by atoms with E-state index >= 15 is 0 Å². The van der Waals surface area contributed by atoms with E-state index in [2.05, 4.69) is 15.2 Å². The smallest absolute Gasteiger partial charge is 0.181 e. The summed E-state index contributed by atoms with van der Waals surface area (Å²) in [6, 6.07) is 17.8. The molecule has 0 amide bonds. The molecule has 0 spiro atoms. The lowest BCUT2D eigenvalue weighted by Crippen LogP contribution is -1.97. The first kappa shape index (κ1) is 12.4. The van der Waals surface area contributed by atoms with Gasteiger partial charge in [-0.3, -0.25) is 5.10 Å². The van der Waals surface area contributed by atoms with Gasteiger partial charge in [-0.1, -0.05) is 48.0 Å². The standard InChI is InChI=1S/C16H15N3O/c1-12-7-9-14(10-8-12)20-11-15-17-16(19-18-15)13-5-3-2-4-6-13/h2-10H,11H2,1H3,(H,17,18,19). The summed E-state index contributed by atoms with van der Waals surface area (Å²) >= 11 is 0. The first-order valence-electron chi connectivity index (χ1n) is 6.47. The predicted octanol–water partition coefficient (Wildman–Crippen LogP) is 3.36. The number of hydrogen-bond donors (Lipinski definition) is 1. The molecule has 3 rings (SSSR count). The molecule has 4 heteroatoms. The van der Waals surface area contributed by atoms with Gasteiger partial charge in [-0.2, -0.15) is 5.10 Å². The number of aromatic nitrogens is 3. The Morgan fingerprint density at radius 3 is 2.50 bits per heavy atom. The molecule has 0 atom stereocenters. The fraction of sp³-hybridized carbons (Fsp3) is 0.125. The highest BCUT2D eigenvalue weighted by molar-refractivity contribution is 5.53. The molecule has 1 N–H and O–H groups in total. The Balaban J connectivity index is 1.67. The summed E-state index contributed by atoms with van der Waals surface area (Å²) in [5.41, 5.74) is 2.20. The summed E-state index contributed by atoms with van der Waals surface area (Å²) in [4.78, 5) is 4.42. The number of ether oxygens (including phenoxy) is 1. The highest BCUT2D eigenvalue weighted by Gasteiger charge is 2.05. The molecule has 1 heterocycles. The minimum Gasteiger partial charge on any atom is -0.486 e. The van der Waals surface area contributed by atoms with E-state index in [0.717, 1.165) is 11.3 Å². The van der Waals surface area contributed by atoms with Crippen LogP contribution in [0.5, 0.6) is 5.75 Å². The number of aryl methyl sites for hydroxylation is 1. The Labute approximate surface area is 117 Å². The van der Waals surface area contributed by atoms with Gasteiger partial charge in [0.2, 0.25) is 0 Å². The van der Waals surface area contributed by atoms with Gasteiger partial charge in [0.1, 0.15) is 12.4 Å². The number of aromatic amines is 1. The lowest BCUT2D eigenvalue weighted by Gasteiger charge is -2.03. The molecule has 0 bridgehead atoms. The second kappa shape index (κ2) is 5.57. The summed E-state index contributed by atoms with van der Waals surface area (Å²) in [7, 11) is 0. The maximum absolute atomic E-state index is 5.66. The Morgan fingerprint density at radius 2 is 1.75 bits per heavy atom. The van der Waals surface area contributed by atoms with Crippen LogP contribution in [0.2, 0.25) is 0 Å². The Bertz CT molecular complexity index is 674. The fourth-order valence-electron chi connectivity index (χ4n) is 1.86. The fourth-order valence-corrected chi connectivity index (χ4v) is 1.86. The highest BCUT2D eigenvalue weighted by Crippen LogP contribution is 2.15. The van der Waals surface area contributed by atoms with Crippen molar-refractivity contribution in [3.8, 4) is 17.1 Å². The molecule has 0 aliphatic carbocycles. The summed E-state index contributed by atoms with van der Waals surface area (Å²) in [6.07, 6.45) is 0. The van der Waals surface area contributed by atoms with E-state index in [4.69, 9.17) is 4.74 Å². The van der Waals surface area contributed by atoms with E-state index in [9.17, 15) is 0 Å². The Hall–Kier alpha value is -2.62. The van der Waals surface area contributed by atoms with E-state index in [-0.39, 0.29) is 0 Å². The summed E-state index contributed by atoms with van der Waals surface area (Å²) in [5, 5.41) is 7.10. The van der Waals surface area contributed by atoms with Crippen molar-refractivity contribution in [1.29, 1.82) is 0 Å². The van der Waals surface area contributed by atoms with E-state index < -0.39 is 0 Å². The molecule has 0 saturated carbocycles. The molecule has 0 radical (unpaired) electrons. The topological polar surface area (TPSA) is 50.8 Å². The molecule has 3 aromatic rings. The number of hydrogen-bond acceptors (Lipinski definition) is 3. The van der Waals surface area contributed by atoms with Crippen LogP contribution < -0.4 is 4.74 Å². The largest absolute Gasteiger partial charge is 0.486 e. The molecule has 0 aliphatic rings. The third-order valence-corrected chi connectivity index (χ3v) is 2.96. The summed E-state index contributed by atoms with van der Waals surface area (Å²) in [5.74, 6) is 2.23. The molecule has 1 aromatic heterocycles. The van der Waals surface area contributed by atoms with Gasteiger partial charge in [-0.05, 0) is 19.1 Å². The first-order valence-corrected chi connectivity index (χ1v) is 6.47. The van der Waals surface area contributed by atoms with Crippen LogP contribution in [-0.4, -0.2) is 15.2 Å². The maximum Gasteiger partial charge on any atom is 0.181 e. The normalized spacial score (nSPS) is 10.4. The van der Waals surface area contributed by atoms with Crippen molar-refractivity contribution in [2.75, 3.05) is 0 Å². The second-order valence-electron chi connectivity index (χ2n) is 4.57. The molecule has 0 aliphatic heterocycles. The minimum atomic E-state index is 0.378. The van der Waals surface area contributed by atoms with Crippen molar-refractivity contribution in [3.05, 3.63) is 66.0 Å². The average molecular weight is 265 g/mol. The molecule has 0 unspecified atom stereocenters. The zero-order chi connectivity index (χ0) is 13.8. The number of nitrogens with zero attached hydrogens (tertiary/aromatic N) is 2. The lowest BCUT2D eigenvalue weighted by atomic mass is 10.2. The van der Waals surface area contributed by atoms with Gasteiger partial charge >= 0.3 is 0 Å². The van der Waals surface area contributed by atoms with E-state index in [0.29, 0.717) is 18.3 Å². The number of nitrogens with one attached hydrogen (secondary N) is 1. The number of rotatable bonds is 4. The molecule has 100 valence electrons. The number of H-pyrrole nitrogens is 1. The lowest BCUT2D eigenvalue weighted by molar-refractivity contribution is 0.296. The Morgan fingerprint density at radius 1 is 1.00 bits per heavy atom. The van der Waals surface area contributed by atoms with Crippen LogP contribution in [0.4, 0.5) is 0 Å². The molecule has 2 aromatic carbocycles. The van der Waals surface area contributed by atoms with Crippen molar-refractivity contribution in [3.63, 3.8) is 0 Å². The number of benzene rings is 2. The minimum absolute atomic E-state index is 0.378. The quantitative estimate of drug-likeness (QED) is 0.787. The van der Waals surface area contributed by atoms with Gasteiger partial charge in [-0.15, -0.1) is 0 Å². The van der Waals surface area contributed by atoms with Crippen LogP contribution in [0.25, 0.3) is 11.4 Å². The monoisotopic (exact) mass is 265 g/mol. The maximum atomic E-state index is 5.66. The molecular formula is C16H15N3O. The summed E-state index contributed by atoms with van der Waals surface area (Å²) in [6.45, 7) is 2.43. The highest BCUT2D eigenvalue weighted by atomic mass is 16.5. The van der Waals surface area contributed by atoms with E-state index in [1.165, 1.54) is 5.56 Å². The van der Waals surface area contributed by atoms with Crippen molar-refractivity contribution >= 4 is 0 Å². The van der Waals surface area contributed by atoms with Gasteiger partial charge in [0.05, 0.1) is 0 Å². The molecular weight excluding hydrogens is 250 g/mol. The average Bonchev–Trinajstić information content (AvgIpc) is 2.97. The second-order valence-corrected chi connectivity index (χ2v) is 4.57. The molecule has 0 fully saturated rings. The van der Waals surface area contributed by atoms with Crippen LogP contribution in [0.3, 0.4) is 0 Å². The van der Waals surface area contributed by atoms with Crippen LogP contribution in [0.1, 0.15) is 11.4 Å². The van der Waals surface area contributed by atoms with E-state index in [1.54, 1.807) is 0 Å². The Kier molecular flexibility index (Phi) is 3.46. The third-order valence-electron chi connectivity index (χ3n) is 2.96. The van der Waals surface area contributed by atoms with Crippen molar-refractivity contribution in [2.24, 2.45) is 0 Å². The predicted molar refractivity (Wildman–Crippen MR) is 77.3 cm³/mol. The van der Waals surface area contributed by atoms with Gasteiger partial charge in [0.25, 0.3) is 0 Å². The SMILES string of the molecule is Cc1ccc(OCc2nc(-c3ccccc3)n[nH]2)cc1. The van der Waals surface area contributed by atoms with Gasteiger partial charge in [-0.25, -0.2) is 4.98 Å². The first-order chi connectivity index (χ1) is 9.81. The van der Waals surface area contributed by atoms with Crippen LogP contribution in [0.15, 0.2) is 54.6 Å². The third kappa shape index (κ3) is 2.85.